The normalized spacial score (nSPS) is 26.2. The summed E-state index contributed by atoms with van der Waals surface area (Å²) in [5, 5.41) is 0.603. The van der Waals surface area contributed by atoms with Gasteiger partial charge in [-0.15, -0.1) is 0 Å². The molecule has 124 valence electrons. The van der Waals surface area contributed by atoms with Crippen LogP contribution in [-0.2, 0) is 9.59 Å². The Morgan fingerprint density at radius 3 is 2.79 bits per heavy atom. The zero-order valence-electron chi connectivity index (χ0n) is 13.3. The van der Waals surface area contributed by atoms with Gasteiger partial charge in [0.25, 0.3) is 5.91 Å². The molecule has 1 saturated heterocycles. The number of rotatable bonds is 2. The lowest BCUT2D eigenvalue weighted by molar-refractivity contribution is -0.131. The minimum absolute atomic E-state index is 0.127. The Kier molecular flexibility index (Phi) is 4.01. The Morgan fingerprint density at radius 2 is 2.04 bits per heavy atom. The van der Waals surface area contributed by atoms with Crippen LogP contribution in [0.25, 0.3) is 0 Å². The highest BCUT2D eigenvalue weighted by Gasteiger charge is 2.48. The van der Waals surface area contributed by atoms with Gasteiger partial charge in [0, 0.05) is 10.7 Å². The van der Waals surface area contributed by atoms with Gasteiger partial charge < -0.3 is 0 Å². The highest BCUT2D eigenvalue weighted by Crippen LogP contribution is 2.48. The van der Waals surface area contributed by atoms with Crippen LogP contribution in [0.1, 0.15) is 44.2 Å². The summed E-state index contributed by atoms with van der Waals surface area (Å²) in [7, 11) is 0. The van der Waals surface area contributed by atoms with Crippen LogP contribution in [0.5, 0.6) is 0 Å². The lowest BCUT2D eigenvalue weighted by atomic mass is 9.86. The Balaban J connectivity index is 1.87. The number of benzene rings is 1. The summed E-state index contributed by atoms with van der Waals surface area (Å²) in [5.41, 5.74) is 3.16. The van der Waals surface area contributed by atoms with E-state index in [-0.39, 0.29) is 17.7 Å². The van der Waals surface area contributed by atoms with Crippen molar-refractivity contribution in [2.75, 3.05) is 0 Å². The van der Waals surface area contributed by atoms with E-state index < -0.39 is 5.25 Å². The van der Waals surface area contributed by atoms with E-state index in [1.165, 1.54) is 24.3 Å². The van der Waals surface area contributed by atoms with Crippen molar-refractivity contribution in [1.82, 2.24) is 4.90 Å². The predicted molar refractivity (Wildman–Crippen MR) is 96.0 cm³/mol. The lowest BCUT2D eigenvalue weighted by Crippen LogP contribution is -2.40. The van der Waals surface area contributed by atoms with Gasteiger partial charge in [0.05, 0.1) is 6.04 Å². The van der Waals surface area contributed by atoms with Gasteiger partial charge in [-0.2, -0.15) is 0 Å². The number of halogens is 1. The molecule has 1 amide bonds. The van der Waals surface area contributed by atoms with Crippen molar-refractivity contribution in [1.29, 1.82) is 0 Å². The van der Waals surface area contributed by atoms with Gasteiger partial charge in [0.2, 0.25) is 0 Å². The molecule has 3 aliphatic rings. The fourth-order valence-corrected chi connectivity index (χ4v) is 4.94. The van der Waals surface area contributed by atoms with Crippen molar-refractivity contribution < 1.29 is 9.59 Å². The van der Waals surface area contributed by atoms with E-state index in [0.29, 0.717) is 10.2 Å². The third-order valence-corrected chi connectivity index (χ3v) is 6.37. The first kappa shape index (κ1) is 15.9. The van der Waals surface area contributed by atoms with Gasteiger partial charge in [-0.25, -0.2) is 4.99 Å². The largest absolute Gasteiger partial charge is 0.298 e. The minimum Gasteiger partial charge on any atom is -0.298 e. The zero-order chi connectivity index (χ0) is 16.8. The second kappa shape index (κ2) is 6.05. The van der Waals surface area contributed by atoms with Gasteiger partial charge in [-0.1, -0.05) is 41.6 Å². The first-order chi connectivity index (χ1) is 11.6. The number of ketones is 1. The average molecular weight is 361 g/mol. The molecule has 0 N–H and O–H groups in total. The number of carbonyl (C=O) groups excluding carboxylic acids is 2. The van der Waals surface area contributed by atoms with E-state index in [4.69, 9.17) is 16.6 Å². The molecule has 0 saturated carbocycles. The Labute approximate surface area is 150 Å². The van der Waals surface area contributed by atoms with Crippen LogP contribution in [0.15, 0.2) is 40.5 Å². The number of Topliss-reactive ketones (excluding diaryl/α,β-unsaturated/α-hetero) is 1. The Hall–Kier alpha value is -1.59. The average Bonchev–Trinajstić information content (AvgIpc) is 2.90. The van der Waals surface area contributed by atoms with Gasteiger partial charge in [-0.3, -0.25) is 14.5 Å². The number of hydrogen-bond acceptors (Lipinski definition) is 4. The number of fused-ring (bicyclic) bond motifs is 1. The molecule has 6 heteroatoms. The molecular formula is C18H17ClN2O2S. The highest BCUT2D eigenvalue weighted by atomic mass is 35.5. The number of amidine groups is 1. The third-order valence-electron chi connectivity index (χ3n) is 4.76. The van der Waals surface area contributed by atoms with Gasteiger partial charge >= 0.3 is 0 Å². The molecule has 1 aliphatic carbocycles. The molecule has 2 heterocycles. The van der Waals surface area contributed by atoms with Crippen molar-refractivity contribution >= 4 is 40.2 Å². The van der Waals surface area contributed by atoms with E-state index in [1.54, 1.807) is 4.90 Å². The second-order valence-corrected chi connectivity index (χ2v) is 7.79. The smallest absolute Gasteiger partial charge is 0.250 e. The first-order valence-corrected chi connectivity index (χ1v) is 9.39. The van der Waals surface area contributed by atoms with Crippen LogP contribution < -0.4 is 0 Å². The molecule has 1 aromatic rings. The molecule has 2 aliphatic heterocycles. The summed E-state index contributed by atoms with van der Waals surface area (Å²) in [6, 6.07) is 7.41. The van der Waals surface area contributed by atoms with E-state index in [1.807, 2.05) is 24.3 Å². The topological polar surface area (TPSA) is 49.7 Å². The number of amides is 1. The van der Waals surface area contributed by atoms with Gasteiger partial charge in [0.15, 0.2) is 11.0 Å². The molecule has 1 aromatic carbocycles. The number of hydrogen-bond donors (Lipinski definition) is 0. The number of carbonyl (C=O) groups is 2. The summed E-state index contributed by atoms with van der Waals surface area (Å²) in [5.74, 6) is -0.300. The molecule has 0 unspecified atom stereocenters. The third kappa shape index (κ3) is 2.42. The fraction of sp³-hybridized carbons (Fsp3) is 0.389. The van der Waals surface area contributed by atoms with Crippen molar-refractivity contribution in [2.24, 2.45) is 4.99 Å². The van der Waals surface area contributed by atoms with Crippen LogP contribution in [-0.4, -0.2) is 27.0 Å². The summed E-state index contributed by atoms with van der Waals surface area (Å²) < 4.78 is 0. The Bertz CT molecular complexity index is 802. The van der Waals surface area contributed by atoms with Crippen LogP contribution in [0.2, 0.25) is 5.02 Å². The van der Waals surface area contributed by atoms with Gasteiger partial charge in [-0.05, 0) is 49.8 Å². The molecule has 0 aromatic heterocycles. The maximum Gasteiger partial charge on any atom is 0.250 e. The fourth-order valence-electron chi connectivity index (χ4n) is 3.64. The molecule has 1 fully saturated rings. The van der Waals surface area contributed by atoms with E-state index in [2.05, 4.69) is 0 Å². The number of allylic oxidation sites excluding steroid dienone is 1. The molecule has 0 spiro atoms. The lowest BCUT2D eigenvalue weighted by Gasteiger charge is -2.36. The van der Waals surface area contributed by atoms with Crippen LogP contribution in [0.3, 0.4) is 0 Å². The van der Waals surface area contributed by atoms with Crippen LogP contribution in [0.4, 0.5) is 0 Å². The summed E-state index contributed by atoms with van der Waals surface area (Å²) in [6.45, 7) is 1.46. The predicted octanol–water partition coefficient (Wildman–Crippen LogP) is 4.11. The maximum absolute atomic E-state index is 12.9. The summed E-state index contributed by atoms with van der Waals surface area (Å²) in [4.78, 5) is 31.2. The number of thioether (sulfide) groups is 1. The summed E-state index contributed by atoms with van der Waals surface area (Å²) in [6.07, 6.45) is 4.05. The molecule has 4 rings (SSSR count). The zero-order valence-corrected chi connectivity index (χ0v) is 14.9. The number of aliphatic imine (C=N–C) groups is 1. The molecule has 4 nitrogen and oxygen atoms in total. The minimum atomic E-state index is -0.685. The van der Waals surface area contributed by atoms with Gasteiger partial charge in [0.1, 0.15) is 5.25 Å². The van der Waals surface area contributed by atoms with E-state index in [9.17, 15) is 9.59 Å². The van der Waals surface area contributed by atoms with Crippen LogP contribution >= 0.6 is 23.4 Å². The van der Waals surface area contributed by atoms with Crippen molar-refractivity contribution in [3.05, 3.63) is 46.1 Å². The first-order valence-electron chi connectivity index (χ1n) is 8.13. The SMILES string of the molecule is CC(=O)[C@@H]1SC2=NC3=C(CCCC3)[C@H](c3ccccc3Cl)N2C1=O. The monoisotopic (exact) mass is 360 g/mol. The molecule has 0 bridgehead atoms. The van der Waals surface area contributed by atoms with Crippen molar-refractivity contribution in [3.8, 4) is 0 Å². The van der Waals surface area contributed by atoms with E-state index >= 15 is 0 Å². The quantitative estimate of drug-likeness (QED) is 0.746. The van der Waals surface area contributed by atoms with Crippen LogP contribution in [0, 0.1) is 0 Å². The summed E-state index contributed by atoms with van der Waals surface area (Å²) >= 11 is 7.72. The molecule has 0 radical (unpaired) electrons. The molecule has 24 heavy (non-hydrogen) atoms. The maximum atomic E-state index is 12.9. The van der Waals surface area contributed by atoms with E-state index in [0.717, 1.165) is 36.9 Å². The standard InChI is InChI=1S/C18H17ClN2O2S/c1-10(22)16-17(23)21-15(11-6-2-4-8-13(11)19)12-7-3-5-9-14(12)20-18(21)24-16/h2,4,6,8,15-16H,3,5,7,9H2,1H3/t15-,16-/m0/s1. The molecular weight excluding hydrogens is 344 g/mol. The molecule has 2 atom stereocenters. The highest BCUT2D eigenvalue weighted by molar-refractivity contribution is 8.16. The second-order valence-electron chi connectivity index (χ2n) is 6.31. The Morgan fingerprint density at radius 1 is 1.29 bits per heavy atom. The number of nitrogens with zero attached hydrogens (tertiary/aromatic N) is 2. The van der Waals surface area contributed by atoms with Crippen molar-refractivity contribution in [2.45, 2.75) is 43.9 Å². The van der Waals surface area contributed by atoms with Crippen molar-refractivity contribution in [3.63, 3.8) is 0 Å².